The minimum atomic E-state index is -0.185. The van der Waals surface area contributed by atoms with Gasteiger partial charge in [0.2, 0.25) is 0 Å². The minimum absolute atomic E-state index is 0.185. The molecule has 0 aliphatic carbocycles. The summed E-state index contributed by atoms with van der Waals surface area (Å²) in [5, 5.41) is 6.14. The smallest absolute Gasteiger partial charge is 0.270 e. The van der Waals surface area contributed by atoms with Crippen LogP contribution in [0.4, 0.5) is 11.4 Å². The van der Waals surface area contributed by atoms with Crippen LogP contribution in [0.25, 0.3) is 0 Å². The first-order valence-electron chi connectivity index (χ1n) is 7.92. The van der Waals surface area contributed by atoms with Crippen molar-refractivity contribution in [2.45, 2.75) is 13.5 Å². The summed E-state index contributed by atoms with van der Waals surface area (Å²) in [6.07, 6.45) is 1.66. The highest BCUT2D eigenvalue weighted by molar-refractivity contribution is 9.10. The number of aryl methyl sites for hydroxylation is 1. The predicted octanol–water partition coefficient (Wildman–Crippen LogP) is 4.83. The molecule has 0 aliphatic heterocycles. The lowest BCUT2D eigenvalue weighted by Gasteiger charge is -2.08. The molecule has 1 amide bonds. The summed E-state index contributed by atoms with van der Waals surface area (Å²) in [5.41, 5.74) is 4.42. The molecule has 4 nitrogen and oxygen atoms in total. The maximum Gasteiger partial charge on any atom is 0.270 e. The first-order chi connectivity index (χ1) is 12.1. The second-order valence-electron chi connectivity index (χ2n) is 5.74. The van der Waals surface area contributed by atoms with Crippen LogP contribution in [0.3, 0.4) is 0 Å². The number of rotatable bonds is 5. The van der Waals surface area contributed by atoms with Gasteiger partial charge in [-0.3, -0.25) is 4.79 Å². The number of nitrogens with zero attached hydrogens (tertiary/aromatic N) is 1. The normalized spacial score (nSPS) is 10.3. The topological polar surface area (TPSA) is 54.0 Å². The van der Waals surface area contributed by atoms with Gasteiger partial charge in [-0.1, -0.05) is 51.8 Å². The zero-order chi connectivity index (χ0) is 17.6. The monoisotopic (exact) mass is 395 g/mol. The number of carbonyl (C=O) groups is 1. The maximum absolute atomic E-state index is 12.2. The van der Waals surface area contributed by atoms with E-state index in [0.717, 1.165) is 21.4 Å². The van der Waals surface area contributed by atoms with Crippen molar-refractivity contribution in [2.75, 3.05) is 5.32 Å². The average Bonchev–Trinajstić information content (AvgIpc) is 2.60. The zero-order valence-corrected chi connectivity index (χ0v) is 15.4. The second-order valence-corrected chi connectivity index (χ2v) is 6.65. The predicted molar refractivity (Wildman–Crippen MR) is 104 cm³/mol. The summed E-state index contributed by atoms with van der Waals surface area (Å²) in [6, 6.07) is 19.5. The van der Waals surface area contributed by atoms with Crippen LogP contribution in [0.5, 0.6) is 0 Å². The lowest BCUT2D eigenvalue weighted by Crippen LogP contribution is -2.23. The van der Waals surface area contributed by atoms with Crippen molar-refractivity contribution in [1.82, 2.24) is 10.3 Å². The molecule has 0 unspecified atom stereocenters. The molecule has 0 atom stereocenters. The number of aromatic nitrogens is 1. The van der Waals surface area contributed by atoms with Gasteiger partial charge in [-0.15, -0.1) is 0 Å². The highest BCUT2D eigenvalue weighted by Gasteiger charge is 2.07. The van der Waals surface area contributed by atoms with E-state index < -0.39 is 0 Å². The Morgan fingerprint density at radius 2 is 1.88 bits per heavy atom. The van der Waals surface area contributed by atoms with Crippen LogP contribution < -0.4 is 10.6 Å². The number of hydrogen-bond acceptors (Lipinski definition) is 3. The van der Waals surface area contributed by atoms with Crippen molar-refractivity contribution < 1.29 is 4.79 Å². The first-order valence-corrected chi connectivity index (χ1v) is 8.72. The Morgan fingerprint density at radius 1 is 1.04 bits per heavy atom. The van der Waals surface area contributed by atoms with E-state index in [-0.39, 0.29) is 5.91 Å². The van der Waals surface area contributed by atoms with Crippen molar-refractivity contribution in [2.24, 2.45) is 0 Å². The van der Waals surface area contributed by atoms with Gasteiger partial charge < -0.3 is 10.6 Å². The molecular formula is C20H18BrN3O. The van der Waals surface area contributed by atoms with E-state index in [1.807, 2.05) is 55.5 Å². The van der Waals surface area contributed by atoms with Crippen LogP contribution in [-0.2, 0) is 6.54 Å². The van der Waals surface area contributed by atoms with Crippen LogP contribution in [0.15, 0.2) is 71.3 Å². The third-order valence-corrected chi connectivity index (χ3v) is 4.14. The Morgan fingerprint density at radius 3 is 2.60 bits per heavy atom. The Kier molecular flexibility index (Phi) is 5.46. The zero-order valence-electron chi connectivity index (χ0n) is 13.8. The Hall–Kier alpha value is -2.66. The molecule has 0 spiro atoms. The summed E-state index contributed by atoms with van der Waals surface area (Å²) < 4.78 is 0.998. The molecule has 126 valence electrons. The number of pyridine rings is 1. The number of benzene rings is 2. The largest absolute Gasteiger partial charge is 0.354 e. The molecular weight excluding hydrogens is 378 g/mol. The fourth-order valence-corrected chi connectivity index (χ4v) is 2.83. The quantitative estimate of drug-likeness (QED) is 0.650. The average molecular weight is 396 g/mol. The molecule has 0 bridgehead atoms. The van der Waals surface area contributed by atoms with E-state index in [1.165, 1.54) is 5.56 Å². The molecule has 2 aromatic carbocycles. The van der Waals surface area contributed by atoms with Gasteiger partial charge in [-0.05, 0) is 42.8 Å². The molecule has 3 aromatic rings. The molecule has 25 heavy (non-hydrogen) atoms. The van der Waals surface area contributed by atoms with Crippen molar-refractivity contribution >= 4 is 33.2 Å². The van der Waals surface area contributed by atoms with E-state index in [9.17, 15) is 4.79 Å². The van der Waals surface area contributed by atoms with Gasteiger partial charge in [0.1, 0.15) is 5.69 Å². The molecule has 3 rings (SSSR count). The van der Waals surface area contributed by atoms with E-state index >= 15 is 0 Å². The molecule has 0 aliphatic rings. The van der Waals surface area contributed by atoms with Crippen LogP contribution in [0, 0.1) is 6.92 Å². The minimum Gasteiger partial charge on any atom is -0.354 e. The molecule has 0 fully saturated rings. The van der Waals surface area contributed by atoms with E-state index in [1.54, 1.807) is 12.3 Å². The van der Waals surface area contributed by atoms with E-state index in [2.05, 4.69) is 37.6 Å². The summed E-state index contributed by atoms with van der Waals surface area (Å²) in [4.78, 5) is 16.5. The van der Waals surface area contributed by atoms with Gasteiger partial charge in [-0.25, -0.2) is 4.98 Å². The molecule has 2 N–H and O–H groups in total. The number of hydrogen-bond donors (Lipinski definition) is 2. The van der Waals surface area contributed by atoms with Crippen LogP contribution in [0.1, 0.15) is 21.6 Å². The lowest BCUT2D eigenvalue weighted by molar-refractivity contribution is 0.0946. The number of carbonyl (C=O) groups excluding carboxylic acids is 1. The molecule has 0 saturated carbocycles. The maximum atomic E-state index is 12.2. The van der Waals surface area contributed by atoms with Gasteiger partial charge in [0, 0.05) is 16.7 Å². The van der Waals surface area contributed by atoms with Gasteiger partial charge in [0.15, 0.2) is 0 Å². The highest BCUT2D eigenvalue weighted by Crippen LogP contribution is 2.20. The van der Waals surface area contributed by atoms with E-state index in [4.69, 9.17) is 0 Å². The van der Waals surface area contributed by atoms with E-state index in [0.29, 0.717) is 12.2 Å². The third kappa shape index (κ3) is 4.90. The fourth-order valence-electron chi connectivity index (χ4n) is 2.43. The first kappa shape index (κ1) is 17.2. The summed E-state index contributed by atoms with van der Waals surface area (Å²) in [6.45, 7) is 2.52. The standard InChI is InChI=1S/C20H18BrN3O/c1-14-4-2-5-15(10-14)12-23-20(25)19-9-8-18(13-22-19)24-17-7-3-6-16(21)11-17/h2-11,13,24H,12H2,1H3,(H,23,25). The highest BCUT2D eigenvalue weighted by atomic mass is 79.9. The Bertz CT molecular complexity index is 878. The van der Waals surface area contributed by atoms with Crippen molar-refractivity contribution in [3.63, 3.8) is 0 Å². The summed E-state index contributed by atoms with van der Waals surface area (Å²) in [5.74, 6) is -0.185. The third-order valence-electron chi connectivity index (χ3n) is 3.64. The number of anilines is 2. The molecule has 1 aromatic heterocycles. The number of nitrogens with one attached hydrogen (secondary N) is 2. The Labute approximate surface area is 155 Å². The van der Waals surface area contributed by atoms with Crippen LogP contribution in [-0.4, -0.2) is 10.9 Å². The van der Waals surface area contributed by atoms with Gasteiger partial charge in [0.25, 0.3) is 5.91 Å². The fraction of sp³-hybridized carbons (Fsp3) is 0.100. The summed E-state index contributed by atoms with van der Waals surface area (Å²) in [7, 11) is 0. The van der Waals surface area contributed by atoms with Gasteiger partial charge in [-0.2, -0.15) is 0 Å². The molecule has 0 radical (unpaired) electrons. The number of amides is 1. The van der Waals surface area contributed by atoms with Crippen molar-refractivity contribution in [1.29, 1.82) is 0 Å². The Balaban J connectivity index is 1.60. The molecule has 5 heteroatoms. The molecule has 0 saturated heterocycles. The van der Waals surface area contributed by atoms with Crippen LogP contribution in [0.2, 0.25) is 0 Å². The summed E-state index contributed by atoms with van der Waals surface area (Å²) >= 11 is 3.44. The van der Waals surface area contributed by atoms with Gasteiger partial charge >= 0.3 is 0 Å². The number of halogens is 1. The lowest BCUT2D eigenvalue weighted by atomic mass is 10.1. The van der Waals surface area contributed by atoms with Gasteiger partial charge in [0.05, 0.1) is 11.9 Å². The SMILES string of the molecule is Cc1cccc(CNC(=O)c2ccc(Nc3cccc(Br)c3)cn2)c1. The second kappa shape index (κ2) is 7.94. The van der Waals surface area contributed by atoms with Crippen LogP contribution >= 0.6 is 15.9 Å². The van der Waals surface area contributed by atoms with Crippen molar-refractivity contribution in [3.05, 3.63) is 88.2 Å². The van der Waals surface area contributed by atoms with Crippen molar-refractivity contribution in [3.8, 4) is 0 Å². The molecule has 1 heterocycles.